The molecule has 0 N–H and O–H groups in total. The van der Waals surface area contributed by atoms with Crippen LogP contribution in [0.25, 0.3) is 11.6 Å². The number of aromatic nitrogens is 3. The van der Waals surface area contributed by atoms with E-state index < -0.39 is 10.0 Å². The van der Waals surface area contributed by atoms with Crippen LogP contribution in [0.4, 0.5) is 0 Å². The third-order valence-electron chi connectivity index (χ3n) is 7.40. The number of hydrogen-bond acceptors (Lipinski definition) is 4. The molecule has 6 nitrogen and oxygen atoms in total. The van der Waals surface area contributed by atoms with Crippen molar-refractivity contribution < 1.29 is 8.42 Å². The van der Waals surface area contributed by atoms with Crippen molar-refractivity contribution in [3.8, 4) is 0 Å². The van der Waals surface area contributed by atoms with E-state index in [0.717, 1.165) is 54.3 Å². The summed E-state index contributed by atoms with van der Waals surface area (Å²) < 4.78 is 28.0. The Morgan fingerprint density at radius 3 is 2.63 bits per heavy atom. The van der Waals surface area contributed by atoms with Gasteiger partial charge in [0.15, 0.2) is 0 Å². The van der Waals surface area contributed by atoms with Crippen LogP contribution in [-0.4, -0.2) is 46.6 Å². The van der Waals surface area contributed by atoms with Gasteiger partial charge in [-0.15, -0.1) is 0 Å². The molecule has 0 spiro atoms. The van der Waals surface area contributed by atoms with Gasteiger partial charge in [-0.25, -0.2) is 17.7 Å². The maximum Gasteiger partial charge on any atom is 0.211 e. The van der Waals surface area contributed by atoms with E-state index >= 15 is 0 Å². The first kappa shape index (κ1) is 24.2. The Kier molecular flexibility index (Phi) is 6.84. The lowest BCUT2D eigenvalue weighted by Crippen LogP contribution is -2.39. The average molecular weight is 511 g/mol. The Morgan fingerprint density at radius 1 is 1.11 bits per heavy atom. The summed E-state index contributed by atoms with van der Waals surface area (Å²) in [6, 6.07) is 10.4. The minimum Gasteiger partial charge on any atom is -0.335 e. The topological polar surface area (TPSA) is 68.1 Å². The van der Waals surface area contributed by atoms with Crippen LogP contribution in [0, 0.1) is 12.8 Å². The number of sulfonamides is 1. The van der Waals surface area contributed by atoms with Crippen LogP contribution in [0.2, 0.25) is 5.02 Å². The second kappa shape index (κ2) is 9.88. The second-order valence-corrected chi connectivity index (χ2v) is 12.0. The summed E-state index contributed by atoms with van der Waals surface area (Å²) in [5.41, 5.74) is 5.92. The molecular weight excluding hydrogens is 480 g/mol. The normalized spacial score (nSPS) is 19.1. The maximum atomic E-state index is 12.1. The van der Waals surface area contributed by atoms with Gasteiger partial charge in [0.05, 0.1) is 11.9 Å². The van der Waals surface area contributed by atoms with E-state index in [4.69, 9.17) is 16.6 Å². The zero-order chi connectivity index (χ0) is 24.6. The highest BCUT2D eigenvalue weighted by molar-refractivity contribution is 7.88. The van der Waals surface area contributed by atoms with Crippen LogP contribution in [0.15, 0.2) is 48.9 Å². The third-order valence-corrected chi connectivity index (χ3v) is 8.94. The fraction of sp³-hybridized carbons (Fsp3) is 0.407. The van der Waals surface area contributed by atoms with E-state index in [0.29, 0.717) is 19.0 Å². The molecule has 1 unspecified atom stereocenters. The fourth-order valence-electron chi connectivity index (χ4n) is 5.61. The van der Waals surface area contributed by atoms with Crippen LogP contribution in [0.5, 0.6) is 0 Å². The predicted molar refractivity (Wildman–Crippen MR) is 141 cm³/mol. The Hall–Kier alpha value is -2.48. The molecule has 5 rings (SSSR count). The molecule has 1 saturated heterocycles. The van der Waals surface area contributed by atoms with Crippen LogP contribution in [-0.2, 0) is 16.6 Å². The van der Waals surface area contributed by atoms with Crippen LogP contribution in [0.3, 0.4) is 0 Å². The molecule has 0 radical (unpaired) electrons. The van der Waals surface area contributed by atoms with Gasteiger partial charge in [0, 0.05) is 49.2 Å². The first-order valence-corrected chi connectivity index (χ1v) is 14.4. The number of halogens is 1. The van der Waals surface area contributed by atoms with Crippen molar-refractivity contribution in [2.45, 2.75) is 45.1 Å². The summed E-state index contributed by atoms with van der Waals surface area (Å²) in [6.07, 6.45) is 12.9. The van der Waals surface area contributed by atoms with Gasteiger partial charge >= 0.3 is 0 Å². The van der Waals surface area contributed by atoms with Crippen molar-refractivity contribution in [1.82, 2.24) is 18.8 Å². The Balaban J connectivity index is 1.50. The number of aryl methyl sites for hydroxylation is 2. The summed E-state index contributed by atoms with van der Waals surface area (Å²) >= 11 is 6.45. The highest BCUT2D eigenvalue weighted by atomic mass is 35.5. The van der Waals surface area contributed by atoms with Gasteiger partial charge in [0.1, 0.15) is 5.82 Å². The van der Waals surface area contributed by atoms with E-state index in [1.807, 2.05) is 37.6 Å². The predicted octanol–water partition coefficient (Wildman–Crippen LogP) is 5.38. The smallest absolute Gasteiger partial charge is 0.211 e. The summed E-state index contributed by atoms with van der Waals surface area (Å²) in [5, 5.41) is 0.720. The molecule has 0 saturated carbocycles. The lowest BCUT2D eigenvalue weighted by molar-refractivity contribution is 0.256. The zero-order valence-electron chi connectivity index (χ0n) is 20.2. The molecule has 1 aliphatic carbocycles. The third kappa shape index (κ3) is 5.08. The number of imidazole rings is 1. The van der Waals surface area contributed by atoms with Crippen molar-refractivity contribution >= 4 is 33.3 Å². The summed E-state index contributed by atoms with van der Waals surface area (Å²) in [7, 11) is -3.17. The molecule has 1 fully saturated rings. The molecule has 1 atom stereocenters. The number of hydrogen-bond donors (Lipinski definition) is 0. The van der Waals surface area contributed by atoms with Gasteiger partial charge < -0.3 is 4.57 Å². The van der Waals surface area contributed by atoms with Gasteiger partial charge in [-0.05, 0) is 79.0 Å². The van der Waals surface area contributed by atoms with E-state index in [1.54, 1.807) is 4.31 Å². The van der Waals surface area contributed by atoms with Crippen LogP contribution >= 0.6 is 11.6 Å². The van der Waals surface area contributed by atoms with Crippen LogP contribution in [0.1, 0.15) is 59.8 Å². The van der Waals surface area contributed by atoms with Crippen molar-refractivity contribution in [2.75, 3.05) is 19.3 Å². The summed E-state index contributed by atoms with van der Waals surface area (Å²) in [6.45, 7) is 4.04. The van der Waals surface area contributed by atoms with Gasteiger partial charge in [-0.3, -0.25) is 4.98 Å². The molecule has 2 aromatic heterocycles. The van der Waals surface area contributed by atoms with E-state index in [1.165, 1.54) is 23.0 Å². The number of rotatable bonds is 6. The lowest BCUT2D eigenvalue weighted by atomic mass is 9.76. The van der Waals surface area contributed by atoms with Crippen LogP contribution < -0.4 is 0 Å². The van der Waals surface area contributed by atoms with E-state index in [2.05, 4.69) is 33.8 Å². The number of pyridine rings is 1. The molecule has 1 aliphatic heterocycles. The molecule has 0 amide bonds. The fourth-order valence-corrected chi connectivity index (χ4v) is 6.66. The highest BCUT2D eigenvalue weighted by Crippen LogP contribution is 2.45. The second-order valence-electron chi connectivity index (χ2n) is 9.63. The number of fused-ring (bicyclic) bond motifs is 2. The SMILES string of the molecule is Cc1nccn1CCCC1=Cc2cc(Cl)ccc2C(C2CCN(S(C)(=O)=O)CC2)c2ncccc21. The quantitative estimate of drug-likeness (QED) is 0.446. The molecule has 3 heterocycles. The van der Waals surface area contributed by atoms with Crippen molar-refractivity contribution in [2.24, 2.45) is 5.92 Å². The number of nitrogens with zero attached hydrogens (tertiary/aromatic N) is 4. The molecule has 35 heavy (non-hydrogen) atoms. The maximum absolute atomic E-state index is 12.1. The minimum absolute atomic E-state index is 0.102. The molecule has 8 heteroatoms. The zero-order valence-corrected chi connectivity index (χ0v) is 21.8. The highest BCUT2D eigenvalue weighted by Gasteiger charge is 2.35. The van der Waals surface area contributed by atoms with E-state index in [9.17, 15) is 8.42 Å². The Morgan fingerprint density at radius 2 is 1.91 bits per heavy atom. The molecule has 3 aromatic rings. The number of allylic oxidation sites excluding steroid dienone is 1. The van der Waals surface area contributed by atoms with Gasteiger partial charge in [-0.2, -0.15) is 0 Å². The number of piperidine rings is 1. The van der Waals surface area contributed by atoms with E-state index in [-0.39, 0.29) is 5.92 Å². The average Bonchev–Trinajstić information content (AvgIpc) is 3.18. The van der Waals surface area contributed by atoms with Crippen molar-refractivity contribution in [3.63, 3.8) is 0 Å². The van der Waals surface area contributed by atoms with Gasteiger partial charge in [-0.1, -0.05) is 29.8 Å². The Bertz CT molecular complexity index is 1360. The first-order valence-electron chi connectivity index (χ1n) is 12.2. The monoisotopic (exact) mass is 510 g/mol. The molecule has 2 aliphatic rings. The molecule has 1 aromatic carbocycles. The van der Waals surface area contributed by atoms with Crippen molar-refractivity contribution in [3.05, 3.63) is 82.2 Å². The minimum atomic E-state index is -3.17. The molecule has 0 bridgehead atoms. The molecule has 184 valence electrons. The number of benzene rings is 1. The summed E-state index contributed by atoms with van der Waals surface area (Å²) in [4.78, 5) is 9.26. The lowest BCUT2D eigenvalue weighted by Gasteiger charge is -2.35. The van der Waals surface area contributed by atoms with Gasteiger partial charge in [0.25, 0.3) is 0 Å². The first-order chi connectivity index (χ1) is 16.8. The largest absolute Gasteiger partial charge is 0.335 e. The Labute approximate surface area is 212 Å². The standard InChI is InChI=1S/C27H31ClN4O2S/c1-19-29-12-16-31(19)13-4-5-21-17-22-18-23(28)7-8-24(22)26(27-25(21)6-3-11-30-27)20-9-14-32(15-10-20)35(2,33)34/h3,6-8,11-12,16-18,20,26H,4-5,9-10,13-15H2,1-2H3. The van der Waals surface area contributed by atoms with Gasteiger partial charge in [0.2, 0.25) is 10.0 Å². The molecular formula is C27H31ClN4O2S. The van der Waals surface area contributed by atoms with Crippen molar-refractivity contribution in [1.29, 1.82) is 0 Å². The summed E-state index contributed by atoms with van der Waals surface area (Å²) in [5.74, 6) is 1.44.